The van der Waals surface area contributed by atoms with Gasteiger partial charge in [0, 0.05) is 68.0 Å². The Morgan fingerprint density at radius 2 is 1.86 bits per heavy atom. The van der Waals surface area contributed by atoms with E-state index in [0.29, 0.717) is 67.5 Å². The highest BCUT2D eigenvalue weighted by molar-refractivity contribution is 7.90. The van der Waals surface area contributed by atoms with Crippen molar-refractivity contribution in [2.24, 2.45) is 5.41 Å². The van der Waals surface area contributed by atoms with Gasteiger partial charge in [0.15, 0.2) is 0 Å². The molecule has 0 radical (unpaired) electrons. The standard InChI is InChI=1S/C45H47ClFN7O8S/c46-32-4-2-29(3-5-32)37-24-45(10-1-11-45)12-8-31(37)27-52-14-16-53(17-15-52)40-23-42(62-33-20-30-9-13-48-43(30)50-25-33)36(22-38(40)47)44(55)51-63(58,59)35-6-7-39(41(21-35)54(56)57)49-26-34-28-60-18-19-61-34/h2-7,9,13,20-23,25,34,49H,1,8,10-12,14-19,24,26-28H2,(H,48,50)(H,51,55)/t34-/m0/s1. The average molecular weight is 900 g/mol. The van der Waals surface area contributed by atoms with Gasteiger partial charge < -0.3 is 29.4 Å². The van der Waals surface area contributed by atoms with Gasteiger partial charge in [-0.1, -0.05) is 35.7 Å². The molecule has 1 amide bonds. The van der Waals surface area contributed by atoms with Crippen molar-refractivity contribution >= 4 is 61.2 Å². The van der Waals surface area contributed by atoms with Crippen molar-refractivity contribution < 1.29 is 36.7 Å². The van der Waals surface area contributed by atoms with Crippen LogP contribution in [0.4, 0.5) is 21.5 Å². The lowest BCUT2D eigenvalue weighted by molar-refractivity contribution is -0.384. The first-order chi connectivity index (χ1) is 30.4. The number of ether oxygens (including phenoxy) is 3. The maximum Gasteiger partial charge on any atom is 0.293 e. The number of rotatable bonds is 13. The molecule has 3 fully saturated rings. The molecule has 4 heterocycles. The molecule has 2 saturated heterocycles. The summed E-state index contributed by atoms with van der Waals surface area (Å²) < 4.78 is 62.7. The number of piperazine rings is 1. The number of amides is 1. The minimum Gasteiger partial charge on any atom is -0.455 e. The van der Waals surface area contributed by atoms with Crippen molar-refractivity contribution in [2.75, 3.05) is 69.3 Å². The number of anilines is 2. The first-order valence-corrected chi connectivity index (χ1v) is 23.0. The number of aromatic nitrogens is 2. The van der Waals surface area contributed by atoms with Crippen molar-refractivity contribution in [1.29, 1.82) is 0 Å². The van der Waals surface area contributed by atoms with Crippen LogP contribution < -0.4 is 19.7 Å². The van der Waals surface area contributed by atoms with Crippen LogP contribution in [-0.4, -0.2) is 99.3 Å². The second kappa shape index (κ2) is 17.9. The number of H-pyrrole nitrogens is 1. The van der Waals surface area contributed by atoms with Crippen molar-refractivity contribution in [2.45, 2.75) is 49.5 Å². The van der Waals surface area contributed by atoms with Crippen LogP contribution in [0.3, 0.4) is 0 Å². The Bertz CT molecular complexity index is 2680. The van der Waals surface area contributed by atoms with Gasteiger partial charge in [-0.05, 0) is 91.1 Å². The van der Waals surface area contributed by atoms with E-state index in [0.717, 1.165) is 37.6 Å². The number of sulfonamides is 1. The summed E-state index contributed by atoms with van der Waals surface area (Å²) in [6.45, 7) is 4.43. The lowest BCUT2D eigenvalue weighted by Gasteiger charge is -2.47. The number of halogens is 2. The molecule has 3 aromatic carbocycles. The van der Waals surface area contributed by atoms with E-state index in [1.54, 1.807) is 18.3 Å². The Kier molecular flexibility index (Phi) is 12.1. The van der Waals surface area contributed by atoms with Gasteiger partial charge in [-0.25, -0.2) is 22.5 Å². The van der Waals surface area contributed by atoms with Crippen LogP contribution in [0, 0.1) is 21.3 Å². The van der Waals surface area contributed by atoms with Gasteiger partial charge in [-0.15, -0.1) is 0 Å². The summed E-state index contributed by atoms with van der Waals surface area (Å²) in [7, 11) is -4.71. The SMILES string of the molecule is O=C(NS(=O)(=O)c1ccc(NC[C@H]2COCCO2)c([N+](=O)[O-])c1)c1cc(F)c(N2CCN(CC3=C(c4ccc(Cl)cc4)CC4(CCC4)CC3)CC2)cc1Oc1cnc2[nH]ccc2c1. The molecule has 15 nitrogen and oxygen atoms in total. The highest BCUT2D eigenvalue weighted by Gasteiger charge is 2.41. The van der Waals surface area contributed by atoms with Gasteiger partial charge in [0.1, 0.15) is 28.7 Å². The van der Waals surface area contributed by atoms with Crippen LogP contribution in [0.5, 0.6) is 11.5 Å². The predicted octanol–water partition coefficient (Wildman–Crippen LogP) is 7.93. The second-order valence-electron chi connectivity index (χ2n) is 16.7. The second-order valence-corrected chi connectivity index (χ2v) is 18.8. The van der Waals surface area contributed by atoms with Crippen LogP contribution in [0.1, 0.15) is 54.4 Å². The number of nitro benzene ring substituents is 1. The van der Waals surface area contributed by atoms with Gasteiger partial charge in [-0.2, -0.15) is 0 Å². The summed E-state index contributed by atoms with van der Waals surface area (Å²) in [6.07, 6.45) is 9.92. The van der Waals surface area contributed by atoms with Crippen LogP contribution >= 0.6 is 11.6 Å². The Labute approximate surface area is 368 Å². The Morgan fingerprint density at radius 1 is 1.05 bits per heavy atom. The van der Waals surface area contributed by atoms with Crippen LogP contribution in [0.25, 0.3) is 16.6 Å². The van der Waals surface area contributed by atoms with Gasteiger partial charge in [-0.3, -0.25) is 19.8 Å². The highest BCUT2D eigenvalue weighted by atomic mass is 35.5. The van der Waals surface area contributed by atoms with Crippen LogP contribution in [-0.2, 0) is 19.5 Å². The maximum atomic E-state index is 16.3. The number of hydrogen-bond donors (Lipinski definition) is 3. The fourth-order valence-corrected chi connectivity index (χ4v) is 10.2. The molecule has 1 atom stereocenters. The molecule has 63 heavy (non-hydrogen) atoms. The summed E-state index contributed by atoms with van der Waals surface area (Å²) in [6, 6.07) is 17.2. The first kappa shape index (κ1) is 42.7. The van der Waals surface area contributed by atoms with E-state index < -0.39 is 42.8 Å². The number of fused-ring (bicyclic) bond motifs is 1. The fraction of sp³-hybridized carbons (Fsp3) is 0.378. The number of benzene rings is 3. The van der Waals surface area contributed by atoms with E-state index in [4.69, 9.17) is 25.8 Å². The van der Waals surface area contributed by atoms with E-state index >= 15 is 4.39 Å². The summed E-state index contributed by atoms with van der Waals surface area (Å²) >= 11 is 6.26. The number of aromatic amines is 1. The number of hydrogen-bond acceptors (Lipinski definition) is 12. The normalized spacial score (nSPS) is 19.2. The van der Waals surface area contributed by atoms with Crippen molar-refractivity contribution in [3.63, 3.8) is 0 Å². The number of nitrogens with zero attached hydrogens (tertiary/aromatic N) is 4. The first-order valence-electron chi connectivity index (χ1n) is 21.1. The molecule has 1 spiro atoms. The van der Waals surface area contributed by atoms with Gasteiger partial charge >= 0.3 is 0 Å². The molecular formula is C45H47ClFN7O8S. The van der Waals surface area contributed by atoms with Crippen molar-refractivity contribution in [1.82, 2.24) is 19.6 Å². The molecule has 9 rings (SSSR count). The number of allylic oxidation sites excluding steroid dienone is 1. The largest absolute Gasteiger partial charge is 0.455 e. The van der Waals surface area contributed by atoms with E-state index in [1.165, 1.54) is 60.7 Å². The molecular weight excluding hydrogens is 853 g/mol. The Morgan fingerprint density at radius 3 is 2.59 bits per heavy atom. The molecule has 2 aliphatic carbocycles. The molecule has 4 aliphatic rings. The maximum absolute atomic E-state index is 16.3. The minimum atomic E-state index is -4.71. The van der Waals surface area contributed by atoms with E-state index in [-0.39, 0.29) is 35.5 Å². The zero-order chi connectivity index (χ0) is 43.7. The number of carbonyl (C=O) groups excluding carboxylic acids is 1. The van der Waals surface area contributed by atoms with Crippen molar-refractivity contribution in [3.8, 4) is 11.5 Å². The van der Waals surface area contributed by atoms with E-state index in [2.05, 4.69) is 32.3 Å². The molecule has 5 aromatic rings. The molecule has 2 aromatic heterocycles. The molecule has 0 unspecified atom stereocenters. The third-order valence-electron chi connectivity index (χ3n) is 12.7. The molecule has 3 N–H and O–H groups in total. The van der Waals surface area contributed by atoms with Crippen LogP contribution in [0.15, 0.2) is 89.6 Å². The van der Waals surface area contributed by atoms with Gasteiger partial charge in [0.25, 0.3) is 21.6 Å². The lowest BCUT2D eigenvalue weighted by atomic mass is 9.59. The fourth-order valence-electron chi connectivity index (χ4n) is 9.05. The third-order valence-corrected chi connectivity index (χ3v) is 14.3. The monoisotopic (exact) mass is 899 g/mol. The average Bonchev–Trinajstić information content (AvgIpc) is 3.75. The van der Waals surface area contributed by atoms with Crippen molar-refractivity contribution in [3.05, 3.63) is 117 Å². The lowest BCUT2D eigenvalue weighted by Crippen LogP contribution is -2.47. The molecule has 330 valence electrons. The van der Waals surface area contributed by atoms with Gasteiger partial charge in [0.05, 0.1) is 53.2 Å². The molecule has 1 saturated carbocycles. The van der Waals surface area contributed by atoms with Gasteiger partial charge in [0.2, 0.25) is 0 Å². The Balaban J connectivity index is 0.944. The zero-order valence-corrected chi connectivity index (χ0v) is 36.0. The number of carbonyl (C=O) groups is 1. The summed E-state index contributed by atoms with van der Waals surface area (Å²) in [5.74, 6) is -1.83. The molecule has 0 bridgehead atoms. The number of nitro groups is 1. The summed E-state index contributed by atoms with van der Waals surface area (Å²) in [4.78, 5) is 36.3. The minimum absolute atomic E-state index is 0.0530. The van der Waals surface area contributed by atoms with E-state index in [9.17, 15) is 23.3 Å². The zero-order valence-electron chi connectivity index (χ0n) is 34.4. The summed E-state index contributed by atoms with van der Waals surface area (Å²) in [5, 5.41) is 16.4. The van der Waals surface area contributed by atoms with E-state index in [1.807, 2.05) is 21.8 Å². The predicted molar refractivity (Wildman–Crippen MR) is 237 cm³/mol. The number of nitrogens with one attached hydrogen (secondary N) is 3. The Hall–Kier alpha value is -5.59. The molecule has 2 aliphatic heterocycles. The smallest absolute Gasteiger partial charge is 0.293 e. The quantitative estimate of drug-likeness (QED) is 0.0768. The number of pyridine rings is 1. The third kappa shape index (κ3) is 9.38. The molecule has 18 heteroatoms. The highest BCUT2D eigenvalue weighted by Crippen LogP contribution is 2.55. The van der Waals surface area contributed by atoms with Crippen LogP contribution in [0.2, 0.25) is 5.02 Å². The topological polar surface area (TPSA) is 181 Å². The summed E-state index contributed by atoms with van der Waals surface area (Å²) in [5.41, 5.74) is 4.38.